The Morgan fingerprint density at radius 3 is 2.00 bits per heavy atom. The van der Waals surface area contributed by atoms with Crippen molar-refractivity contribution in [3.05, 3.63) is 0 Å². The van der Waals surface area contributed by atoms with Crippen LogP contribution in [0.1, 0.15) is 19.3 Å². The maximum atomic E-state index is 11.3. The summed E-state index contributed by atoms with van der Waals surface area (Å²) in [5.74, 6) is -4.15. The molecular formula is C9H8O6. The molecule has 0 aromatic heterocycles. The summed E-state index contributed by atoms with van der Waals surface area (Å²) in [7, 11) is 0. The van der Waals surface area contributed by atoms with Crippen molar-refractivity contribution >= 4 is 23.9 Å². The Bertz CT molecular complexity index is 358. The first kappa shape index (κ1) is 9.82. The van der Waals surface area contributed by atoms with Crippen LogP contribution in [0.5, 0.6) is 0 Å². The molecular weight excluding hydrogens is 204 g/mol. The molecule has 0 spiro atoms. The van der Waals surface area contributed by atoms with Crippen LogP contribution in [0.15, 0.2) is 0 Å². The Hall–Kier alpha value is -1.72. The van der Waals surface area contributed by atoms with Crippen LogP contribution in [0, 0.1) is 11.8 Å². The van der Waals surface area contributed by atoms with Crippen LogP contribution in [0.25, 0.3) is 0 Å². The lowest BCUT2D eigenvalue weighted by molar-refractivity contribution is -0.171. The van der Waals surface area contributed by atoms with E-state index in [1.807, 2.05) is 0 Å². The molecule has 0 aromatic carbocycles. The van der Waals surface area contributed by atoms with E-state index >= 15 is 0 Å². The monoisotopic (exact) mass is 212 g/mol. The first-order chi connectivity index (χ1) is 7.08. The number of carbonyl (C=O) groups is 4. The third-order valence-electron chi connectivity index (χ3n) is 2.57. The van der Waals surface area contributed by atoms with E-state index in [1.165, 1.54) is 0 Å². The van der Waals surface area contributed by atoms with Crippen molar-refractivity contribution in [2.24, 2.45) is 11.8 Å². The molecule has 2 heterocycles. The molecule has 6 heteroatoms. The fourth-order valence-electron chi connectivity index (χ4n) is 1.79. The number of hydrogen-bond acceptors (Lipinski definition) is 6. The normalized spacial score (nSPS) is 31.5. The summed E-state index contributed by atoms with van der Waals surface area (Å²) in [6, 6.07) is 0. The number of esters is 4. The summed E-state index contributed by atoms with van der Waals surface area (Å²) in [4.78, 5) is 44.0. The molecule has 2 aliphatic heterocycles. The molecule has 0 radical (unpaired) electrons. The molecule has 80 valence electrons. The lowest BCUT2D eigenvalue weighted by Crippen LogP contribution is -2.34. The van der Waals surface area contributed by atoms with Gasteiger partial charge in [0.1, 0.15) is 0 Å². The maximum absolute atomic E-state index is 11.3. The summed E-state index contributed by atoms with van der Waals surface area (Å²) in [6.07, 6.45) is 0.228. The van der Waals surface area contributed by atoms with Crippen LogP contribution in [-0.4, -0.2) is 23.9 Å². The van der Waals surface area contributed by atoms with Crippen LogP contribution >= 0.6 is 0 Å². The van der Waals surface area contributed by atoms with E-state index < -0.39 is 35.7 Å². The number of cyclic esters (lactones) is 4. The lowest BCUT2D eigenvalue weighted by Gasteiger charge is -2.21. The van der Waals surface area contributed by atoms with Crippen molar-refractivity contribution in [1.29, 1.82) is 0 Å². The van der Waals surface area contributed by atoms with Crippen LogP contribution in [0.4, 0.5) is 0 Å². The van der Waals surface area contributed by atoms with Crippen molar-refractivity contribution in [2.45, 2.75) is 19.3 Å². The highest BCUT2D eigenvalue weighted by Crippen LogP contribution is 2.31. The second kappa shape index (κ2) is 3.45. The highest BCUT2D eigenvalue weighted by atomic mass is 16.6. The van der Waals surface area contributed by atoms with Crippen molar-refractivity contribution in [1.82, 2.24) is 0 Å². The average Bonchev–Trinajstić information content (AvgIpc) is 2.45. The fourth-order valence-corrected chi connectivity index (χ4v) is 1.79. The van der Waals surface area contributed by atoms with Crippen molar-refractivity contribution < 1.29 is 28.7 Å². The van der Waals surface area contributed by atoms with Crippen LogP contribution < -0.4 is 0 Å². The summed E-state index contributed by atoms with van der Waals surface area (Å²) < 4.78 is 8.73. The summed E-state index contributed by atoms with van der Waals surface area (Å²) >= 11 is 0. The van der Waals surface area contributed by atoms with Gasteiger partial charge in [-0.3, -0.25) is 19.2 Å². The zero-order chi connectivity index (χ0) is 11.0. The van der Waals surface area contributed by atoms with Gasteiger partial charge in [0.15, 0.2) is 0 Å². The minimum atomic E-state index is -0.780. The van der Waals surface area contributed by atoms with E-state index in [4.69, 9.17) is 0 Å². The zero-order valence-corrected chi connectivity index (χ0v) is 7.73. The van der Waals surface area contributed by atoms with Gasteiger partial charge in [-0.25, -0.2) is 0 Å². The van der Waals surface area contributed by atoms with Gasteiger partial charge in [-0.05, 0) is 6.42 Å². The van der Waals surface area contributed by atoms with Crippen LogP contribution in [0.2, 0.25) is 0 Å². The molecule has 2 atom stereocenters. The third kappa shape index (κ3) is 1.74. The molecule has 0 aromatic rings. The number of carbonyl (C=O) groups excluding carboxylic acids is 4. The number of rotatable bonds is 1. The highest BCUT2D eigenvalue weighted by Gasteiger charge is 2.45. The van der Waals surface area contributed by atoms with Crippen molar-refractivity contribution in [3.63, 3.8) is 0 Å². The molecule has 2 aliphatic rings. The molecule has 0 bridgehead atoms. The Kier molecular flexibility index (Phi) is 2.26. The Morgan fingerprint density at radius 1 is 0.867 bits per heavy atom. The highest BCUT2D eigenvalue weighted by molar-refractivity contribution is 5.99. The summed E-state index contributed by atoms with van der Waals surface area (Å²) in [5, 5.41) is 0. The first-order valence-corrected chi connectivity index (χ1v) is 4.57. The van der Waals surface area contributed by atoms with Gasteiger partial charge in [-0.2, -0.15) is 0 Å². The van der Waals surface area contributed by atoms with E-state index in [-0.39, 0.29) is 19.3 Å². The van der Waals surface area contributed by atoms with Gasteiger partial charge in [0.05, 0.1) is 18.3 Å². The summed E-state index contributed by atoms with van der Waals surface area (Å²) in [6.45, 7) is 0. The molecule has 2 fully saturated rings. The minimum Gasteiger partial charge on any atom is -0.393 e. The molecule has 6 nitrogen and oxygen atoms in total. The smallest absolute Gasteiger partial charge is 0.318 e. The molecule has 0 saturated carbocycles. The average molecular weight is 212 g/mol. The Balaban J connectivity index is 2.11. The van der Waals surface area contributed by atoms with Crippen molar-refractivity contribution in [3.8, 4) is 0 Å². The molecule has 2 saturated heterocycles. The fraction of sp³-hybridized carbons (Fsp3) is 0.556. The lowest BCUT2D eigenvalue weighted by atomic mass is 9.86. The van der Waals surface area contributed by atoms with E-state index in [0.29, 0.717) is 0 Å². The topological polar surface area (TPSA) is 86.7 Å². The Labute approximate surface area is 84.5 Å². The maximum Gasteiger partial charge on any atom is 0.318 e. The van der Waals surface area contributed by atoms with Gasteiger partial charge in [-0.15, -0.1) is 0 Å². The van der Waals surface area contributed by atoms with Crippen molar-refractivity contribution in [2.75, 3.05) is 0 Å². The minimum absolute atomic E-state index is 0.0916. The molecule has 0 N–H and O–H groups in total. The molecule has 0 aliphatic carbocycles. The second-order valence-corrected chi connectivity index (χ2v) is 3.54. The van der Waals surface area contributed by atoms with Gasteiger partial charge in [0.2, 0.25) is 0 Å². The van der Waals surface area contributed by atoms with Gasteiger partial charge in [-0.1, -0.05) is 0 Å². The first-order valence-electron chi connectivity index (χ1n) is 4.57. The number of hydrogen-bond donors (Lipinski definition) is 0. The van der Waals surface area contributed by atoms with E-state index in [2.05, 4.69) is 9.47 Å². The van der Waals surface area contributed by atoms with E-state index in [9.17, 15) is 19.2 Å². The zero-order valence-electron chi connectivity index (χ0n) is 7.73. The standard InChI is InChI=1S/C9H8O6/c10-6-2-1-4(8(12)14-6)5-3-7(11)15-9(5)13/h4-5H,1-3H2. The van der Waals surface area contributed by atoms with Gasteiger partial charge < -0.3 is 9.47 Å². The summed E-state index contributed by atoms with van der Waals surface area (Å²) in [5.41, 5.74) is 0. The predicted octanol–water partition coefficient (Wildman–Crippen LogP) is -0.444. The SMILES string of the molecule is O=C1CCC(C2CC(=O)OC2=O)C(=O)O1. The van der Waals surface area contributed by atoms with Gasteiger partial charge >= 0.3 is 23.9 Å². The largest absolute Gasteiger partial charge is 0.393 e. The Morgan fingerprint density at radius 2 is 1.47 bits per heavy atom. The molecule has 2 unspecified atom stereocenters. The van der Waals surface area contributed by atoms with Crippen LogP contribution in [-0.2, 0) is 28.7 Å². The second-order valence-electron chi connectivity index (χ2n) is 3.54. The quantitative estimate of drug-likeness (QED) is 0.432. The van der Waals surface area contributed by atoms with E-state index in [0.717, 1.165) is 0 Å². The predicted molar refractivity (Wildman–Crippen MR) is 43.0 cm³/mol. The van der Waals surface area contributed by atoms with Crippen LogP contribution in [0.3, 0.4) is 0 Å². The molecule has 15 heavy (non-hydrogen) atoms. The number of ether oxygens (including phenoxy) is 2. The van der Waals surface area contributed by atoms with Gasteiger partial charge in [0, 0.05) is 6.42 Å². The molecule has 2 rings (SSSR count). The van der Waals surface area contributed by atoms with E-state index in [1.54, 1.807) is 0 Å². The third-order valence-corrected chi connectivity index (χ3v) is 2.57. The van der Waals surface area contributed by atoms with Gasteiger partial charge in [0.25, 0.3) is 0 Å². The molecule has 0 amide bonds.